The Kier molecular flexibility index (Phi) is 13.8. The zero-order valence-corrected chi connectivity index (χ0v) is 19.7. The summed E-state index contributed by atoms with van der Waals surface area (Å²) in [6.07, 6.45) is -3.90. The maximum Gasteiger partial charge on any atom is 0.490 e. The van der Waals surface area contributed by atoms with Crippen molar-refractivity contribution in [2.75, 3.05) is 19.7 Å². The summed E-state index contributed by atoms with van der Waals surface area (Å²) in [7, 11) is 0. The lowest BCUT2D eigenvalue weighted by molar-refractivity contribution is -0.193. The molecule has 0 saturated carbocycles. The van der Waals surface area contributed by atoms with Crippen LogP contribution in [0.1, 0.15) is 26.0 Å². The predicted molar refractivity (Wildman–Crippen MR) is 114 cm³/mol. The number of hydrogen-bond donors (Lipinski definition) is 3. The quantitative estimate of drug-likeness (QED) is 0.369. The molecule has 1 aromatic rings. The Labute approximate surface area is 204 Å². The summed E-state index contributed by atoms with van der Waals surface area (Å²) in [5, 5.41) is 17.9. The molecule has 0 spiro atoms. The number of alkyl halides is 6. The topological polar surface area (TPSA) is 148 Å². The molecule has 204 valence electrons. The SMILES string of the molecule is CCOC(=O)Cn1cncc1/C=C1/CNCCC1SC(C)=O.O=C(O)C(F)(F)F.O=C(O)C(F)(F)F. The molecule has 0 bridgehead atoms. The average molecular weight is 551 g/mol. The second-order valence-corrected chi connectivity index (χ2v) is 8.02. The molecule has 1 unspecified atom stereocenters. The number of esters is 1. The third kappa shape index (κ3) is 13.7. The van der Waals surface area contributed by atoms with Crippen molar-refractivity contribution in [3.63, 3.8) is 0 Å². The molecule has 1 aliphatic rings. The normalized spacial score (nSPS) is 16.7. The van der Waals surface area contributed by atoms with Gasteiger partial charge in [-0.25, -0.2) is 14.6 Å². The lowest BCUT2D eigenvalue weighted by Gasteiger charge is -2.25. The number of aromatic nitrogens is 2. The van der Waals surface area contributed by atoms with Crippen LogP contribution < -0.4 is 5.32 Å². The van der Waals surface area contributed by atoms with Crippen molar-refractivity contribution in [2.45, 2.75) is 44.4 Å². The van der Waals surface area contributed by atoms with Gasteiger partial charge in [0.1, 0.15) is 6.54 Å². The summed E-state index contributed by atoms with van der Waals surface area (Å²) in [6.45, 7) is 5.54. The summed E-state index contributed by atoms with van der Waals surface area (Å²) in [5.74, 6) is -5.79. The fourth-order valence-corrected chi connectivity index (χ4v) is 3.30. The molecule has 1 fully saturated rings. The van der Waals surface area contributed by atoms with Gasteiger partial charge in [-0.2, -0.15) is 26.3 Å². The first kappa shape index (κ1) is 32.9. The molecule has 1 atom stereocenters. The van der Waals surface area contributed by atoms with Crippen molar-refractivity contribution in [3.05, 3.63) is 23.8 Å². The number of carbonyl (C=O) groups excluding carboxylic acids is 2. The lowest BCUT2D eigenvalue weighted by atomic mass is 10.0. The number of nitrogens with zero attached hydrogens (tertiary/aromatic N) is 2. The van der Waals surface area contributed by atoms with Crippen molar-refractivity contribution in [1.29, 1.82) is 0 Å². The maximum absolute atomic E-state index is 11.6. The summed E-state index contributed by atoms with van der Waals surface area (Å²) in [4.78, 5) is 44.9. The molecule has 2 rings (SSSR count). The van der Waals surface area contributed by atoms with Gasteiger partial charge in [0.2, 0.25) is 0 Å². The highest BCUT2D eigenvalue weighted by Gasteiger charge is 2.38. The van der Waals surface area contributed by atoms with E-state index in [2.05, 4.69) is 10.3 Å². The molecule has 3 N–H and O–H groups in total. The minimum absolute atomic E-state index is 0.123. The number of carboxylic acids is 2. The minimum Gasteiger partial charge on any atom is -0.475 e. The van der Waals surface area contributed by atoms with Crippen molar-refractivity contribution in [1.82, 2.24) is 14.9 Å². The van der Waals surface area contributed by atoms with E-state index < -0.39 is 24.3 Å². The van der Waals surface area contributed by atoms with E-state index in [9.17, 15) is 35.9 Å². The second-order valence-electron chi connectivity index (χ2n) is 6.64. The van der Waals surface area contributed by atoms with Gasteiger partial charge in [-0.3, -0.25) is 9.59 Å². The molecular formula is C19H23F6N3O7S. The largest absolute Gasteiger partial charge is 0.490 e. The van der Waals surface area contributed by atoms with E-state index in [1.165, 1.54) is 11.8 Å². The summed E-state index contributed by atoms with van der Waals surface area (Å²) in [5.41, 5.74) is 2.00. The van der Waals surface area contributed by atoms with E-state index in [4.69, 9.17) is 24.5 Å². The number of nitrogens with one attached hydrogen (secondary N) is 1. The average Bonchev–Trinajstić information content (AvgIpc) is 3.15. The zero-order valence-electron chi connectivity index (χ0n) is 18.9. The number of imidazole rings is 1. The van der Waals surface area contributed by atoms with Crippen molar-refractivity contribution in [3.8, 4) is 0 Å². The lowest BCUT2D eigenvalue weighted by Crippen LogP contribution is -2.32. The molecule has 1 aromatic heterocycles. The zero-order chi connectivity index (χ0) is 28.1. The molecule has 0 aromatic carbocycles. The predicted octanol–water partition coefficient (Wildman–Crippen LogP) is 2.74. The summed E-state index contributed by atoms with van der Waals surface area (Å²) >= 11 is 1.36. The van der Waals surface area contributed by atoms with E-state index in [1.54, 1.807) is 30.9 Å². The van der Waals surface area contributed by atoms with Crippen LogP contribution in [0.25, 0.3) is 6.08 Å². The number of hydrogen-bond acceptors (Lipinski definition) is 8. The van der Waals surface area contributed by atoms with Gasteiger partial charge in [0.05, 0.1) is 24.8 Å². The Hall–Kier alpha value is -3.08. The number of thioether (sulfide) groups is 1. The molecule has 10 nitrogen and oxygen atoms in total. The Balaban J connectivity index is 0.000000720. The van der Waals surface area contributed by atoms with E-state index >= 15 is 0 Å². The van der Waals surface area contributed by atoms with Crippen LogP contribution >= 0.6 is 11.8 Å². The van der Waals surface area contributed by atoms with Gasteiger partial charge in [0.15, 0.2) is 5.12 Å². The van der Waals surface area contributed by atoms with Crippen LogP contribution in [0.15, 0.2) is 18.1 Å². The summed E-state index contributed by atoms with van der Waals surface area (Å²) in [6, 6.07) is 0. The van der Waals surface area contributed by atoms with E-state index in [1.807, 2.05) is 6.08 Å². The minimum atomic E-state index is -5.08. The third-order valence-electron chi connectivity index (χ3n) is 3.80. The second kappa shape index (κ2) is 15.1. The molecule has 1 aliphatic heterocycles. The molecule has 0 radical (unpaired) electrons. The summed E-state index contributed by atoms with van der Waals surface area (Å²) < 4.78 is 70.2. The molecule has 36 heavy (non-hydrogen) atoms. The first-order valence-electron chi connectivity index (χ1n) is 9.83. The highest BCUT2D eigenvalue weighted by molar-refractivity contribution is 8.14. The van der Waals surface area contributed by atoms with Gasteiger partial charge in [0, 0.05) is 18.7 Å². The number of carboxylic acid groups (broad SMARTS) is 2. The smallest absolute Gasteiger partial charge is 0.475 e. The van der Waals surface area contributed by atoms with Gasteiger partial charge in [-0.05, 0) is 31.5 Å². The van der Waals surface area contributed by atoms with E-state index in [0.717, 1.165) is 30.8 Å². The third-order valence-corrected chi connectivity index (χ3v) is 4.96. The van der Waals surface area contributed by atoms with Crippen LogP contribution in [-0.4, -0.2) is 80.1 Å². The molecular weight excluding hydrogens is 528 g/mol. The fourth-order valence-electron chi connectivity index (χ4n) is 2.36. The van der Waals surface area contributed by atoms with Crippen molar-refractivity contribution in [2.24, 2.45) is 0 Å². The highest BCUT2D eigenvalue weighted by Crippen LogP contribution is 2.27. The molecule has 17 heteroatoms. The van der Waals surface area contributed by atoms with Crippen molar-refractivity contribution >= 4 is 40.9 Å². The number of carbonyl (C=O) groups is 4. The van der Waals surface area contributed by atoms with Gasteiger partial charge >= 0.3 is 30.3 Å². The molecule has 0 amide bonds. The first-order valence-corrected chi connectivity index (χ1v) is 10.7. The molecule has 0 aliphatic carbocycles. The monoisotopic (exact) mass is 551 g/mol. The number of halogens is 6. The van der Waals surface area contributed by atoms with Gasteiger partial charge in [0.25, 0.3) is 0 Å². The van der Waals surface area contributed by atoms with Crippen LogP contribution in [0, 0.1) is 0 Å². The van der Waals surface area contributed by atoms with Gasteiger partial charge in [-0.15, -0.1) is 0 Å². The fraction of sp³-hybridized carbons (Fsp3) is 0.526. The van der Waals surface area contributed by atoms with Crippen LogP contribution in [0.2, 0.25) is 0 Å². The van der Waals surface area contributed by atoms with Crippen LogP contribution in [0.5, 0.6) is 0 Å². The standard InChI is InChI=1S/C15H21N3O3S.2C2HF3O2/c1-3-21-15(20)9-18-10-17-8-13(18)6-12-7-16-5-4-14(12)22-11(2)19;2*3-2(4,5)1(6)7/h6,8,10,14,16H,3-5,7,9H2,1-2H3;2*(H,6,7)/b12-6-;;. The first-order chi connectivity index (χ1) is 16.5. The molecule has 1 saturated heterocycles. The van der Waals surface area contributed by atoms with Gasteiger partial charge in [-0.1, -0.05) is 11.8 Å². The van der Waals surface area contributed by atoms with Gasteiger partial charge < -0.3 is 24.8 Å². The van der Waals surface area contributed by atoms with E-state index in [-0.39, 0.29) is 22.9 Å². The Bertz CT molecular complexity index is 907. The van der Waals surface area contributed by atoms with E-state index in [0.29, 0.717) is 6.61 Å². The Morgan fingerprint density at radius 2 is 1.69 bits per heavy atom. The van der Waals surface area contributed by atoms with Crippen LogP contribution in [0.3, 0.4) is 0 Å². The maximum atomic E-state index is 11.6. The Morgan fingerprint density at radius 1 is 1.17 bits per heavy atom. The van der Waals surface area contributed by atoms with Crippen LogP contribution in [-0.2, 0) is 30.5 Å². The van der Waals surface area contributed by atoms with Crippen molar-refractivity contribution < 1.29 is 60.5 Å². The Morgan fingerprint density at radius 3 is 2.14 bits per heavy atom. The molecule has 2 heterocycles. The highest BCUT2D eigenvalue weighted by atomic mass is 32.2. The number of rotatable bonds is 5. The van der Waals surface area contributed by atoms with Crippen LogP contribution in [0.4, 0.5) is 26.3 Å². The number of ether oxygens (including phenoxy) is 1. The number of piperidine rings is 1. The number of aliphatic carboxylic acids is 2.